The van der Waals surface area contributed by atoms with Gasteiger partial charge in [0.1, 0.15) is 61.7 Å². The molecule has 0 heterocycles. The molecule has 0 saturated heterocycles. The zero-order valence-electron chi connectivity index (χ0n) is 67.2. The van der Waals surface area contributed by atoms with Crippen molar-refractivity contribution in [3.63, 3.8) is 0 Å². The first-order valence-corrected chi connectivity index (χ1v) is 45.5. The number of carboxylic acid groups (broad SMARTS) is 3. The third kappa shape index (κ3) is 38.4. The zero-order chi connectivity index (χ0) is 85.5. The van der Waals surface area contributed by atoms with Crippen LogP contribution in [0, 0.1) is 98.8 Å². The van der Waals surface area contributed by atoms with Crippen LogP contribution in [-0.2, 0) is 42.5 Å². The van der Waals surface area contributed by atoms with Crippen LogP contribution < -0.4 is 30.1 Å². The molecule has 6 aliphatic carbocycles. The molecule has 0 unspecified atom stereocenters. The molecule has 12 rings (SSSR count). The molecule has 6 fully saturated rings. The number of rotatable bonds is 18. The summed E-state index contributed by atoms with van der Waals surface area (Å²) in [5.74, 6) is -5.70. The number of benzene rings is 6. The Kier molecular flexibility index (Phi) is 54.1. The van der Waals surface area contributed by atoms with Gasteiger partial charge in [0.05, 0.1) is 22.3 Å². The monoisotopic (exact) mass is 2030 g/mol. The van der Waals surface area contributed by atoms with E-state index < -0.39 is 93.5 Å². The molecule has 0 amide bonds. The number of aliphatic carboxylic acids is 3. The van der Waals surface area contributed by atoms with E-state index in [9.17, 15) is 67.6 Å². The van der Waals surface area contributed by atoms with Gasteiger partial charge in [0.25, 0.3) is 23.7 Å². The van der Waals surface area contributed by atoms with E-state index in [1.165, 1.54) is 116 Å². The summed E-state index contributed by atoms with van der Waals surface area (Å²) < 4.78 is 165. The fourth-order valence-corrected chi connectivity index (χ4v) is 29.1. The Bertz CT molecular complexity index is 3750. The van der Waals surface area contributed by atoms with Crippen LogP contribution in [0.15, 0.2) is 176 Å². The van der Waals surface area contributed by atoms with E-state index >= 15 is 0 Å². The van der Waals surface area contributed by atoms with Gasteiger partial charge in [0.2, 0.25) is 11.5 Å². The van der Waals surface area contributed by atoms with Gasteiger partial charge >= 0.3 is 18.5 Å². The molecule has 6 aromatic rings. The van der Waals surface area contributed by atoms with Gasteiger partial charge in [-0.2, -0.15) is 39.5 Å². The molecule has 6 aromatic carbocycles. The number of carboxylic acids is 3. The summed E-state index contributed by atoms with van der Waals surface area (Å²) in [6.45, 7) is 4.18. The Hall–Kier alpha value is -5.09. The van der Waals surface area contributed by atoms with E-state index in [1.54, 1.807) is 0 Å². The number of carbonyl (C=O) groups excluding carboxylic acids is 3. The van der Waals surface area contributed by atoms with Crippen LogP contribution in [0.2, 0.25) is 0 Å². The van der Waals surface area contributed by atoms with E-state index in [2.05, 4.69) is 18.2 Å². The summed E-state index contributed by atoms with van der Waals surface area (Å²) in [7, 11) is -7.57. The van der Waals surface area contributed by atoms with Crippen LogP contribution >= 0.6 is 21.4 Å². The molecule has 0 bridgehead atoms. The van der Waals surface area contributed by atoms with Gasteiger partial charge in [-0.25, -0.2) is 0 Å². The average molecular weight is 2030 g/mol. The normalized spacial score (nSPS) is 16.4. The van der Waals surface area contributed by atoms with Crippen molar-refractivity contribution in [1.29, 1.82) is 0 Å². The molecular weight excluding hydrogens is 1900 g/mol. The van der Waals surface area contributed by atoms with Crippen LogP contribution in [0.3, 0.4) is 0 Å². The molecule has 0 aliphatic heterocycles. The van der Waals surface area contributed by atoms with E-state index in [0.717, 1.165) is 155 Å². The Morgan fingerprint density at radius 2 is 0.517 bits per heavy atom. The molecule has 30 heteroatoms. The number of para-hydroxylation sites is 6. The van der Waals surface area contributed by atoms with Crippen molar-refractivity contribution in [2.75, 3.05) is 0 Å². The van der Waals surface area contributed by atoms with Gasteiger partial charge in [-0.1, -0.05) is 221 Å². The predicted octanol–water partition coefficient (Wildman–Crippen LogP) is 26.2. The number of aliphatic hydroxyl groups excluding tert-OH is 1. The SMILES string of the molecule is C.C.CC(=O)CC(=O)C(F)(F)F.CC(=O)O.CC(=O)O.CC(=O)O.O=C(C=C(O)C(F)(F)F)C(F)(F)F.O=P(c1ccccc1Oc1ccccc1)(C1CCCCC1)C1CCCCC1.O=P(c1ccccc1Oc1ccccc1)(C1CCCCC1)C1CCCCC1.O=P(c1ccccc1Oc1ccccc1)(C1CCCCC1)C1CCCCC1.[Eu].[Eu]. The molecule has 120 heavy (non-hydrogen) atoms. The second-order valence-corrected chi connectivity index (χ2v) is 39.9. The smallest absolute Gasteiger partial charge is 0.454 e. The molecule has 6 saturated carbocycles. The molecule has 668 valence electrons. The largest absolute Gasteiger partial charge is 0.504 e. The average Bonchev–Trinajstić information content (AvgIpc) is 0.769. The van der Waals surface area contributed by atoms with Crippen LogP contribution in [0.25, 0.3) is 0 Å². The number of aliphatic hydroxyl groups is 1. The number of allylic oxidation sites excluding steroid dienone is 2. The maximum Gasteiger partial charge on any atom is 0.454 e. The van der Waals surface area contributed by atoms with Gasteiger partial charge in [-0.3, -0.25) is 28.8 Å². The first kappa shape index (κ1) is 113. The number of ether oxygens (including phenoxy) is 3. The maximum atomic E-state index is 14.9. The minimum atomic E-state index is -5.42. The Morgan fingerprint density at radius 1 is 0.325 bits per heavy atom. The topological polar surface area (TPSA) is 262 Å². The second kappa shape index (κ2) is 57.5. The predicted molar refractivity (Wildman–Crippen MR) is 449 cm³/mol. The van der Waals surface area contributed by atoms with E-state index in [0.29, 0.717) is 34.0 Å². The molecule has 2 radical (unpaired) electrons. The summed E-state index contributed by atoms with van der Waals surface area (Å²) >= 11 is 0. The summed E-state index contributed by atoms with van der Waals surface area (Å²) in [5, 5.41) is 33.2. The molecule has 16 nitrogen and oxygen atoms in total. The van der Waals surface area contributed by atoms with Gasteiger partial charge in [-0.15, -0.1) is 0 Å². The van der Waals surface area contributed by atoms with Gasteiger partial charge in [0.15, 0.2) is 0 Å². The number of alkyl halides is 9. The third-order valence-electron chi connectivity index (χ3n) is 20.9. The summed E-state index contributed by atoms with van der Waals surface area (Å²) in [4.78, 5) is 56.8. The Morgan fingerprint density at radius 3 is 0.683 bits per heavy atom. The van der Waals surface area contributed by atoms with E-state index in [4.69, 9.17) is 49.0 Å². The molecule has 0 atom stereocenters. The number of Topliss-reactive ketones (excluding diaryl/α,β-unsaturated/α-hetero) is 2. The minimum absolute atomic E-state index is 0. The fraction of sp³-hybridized carbons (Fsp3) is 0.511. The van der Waals surface area contributed by atoms with Crippen molar-refractivity contribution in [3.05, 3.63) is 176 Å². The van der Waals surface area contributed by atoms with Gasteiger partial charge < -0.3 is 48.3 Å². The first-order valence-electron chi connectivity index (χ1n) is 40.0. The molecule has 6 aliphatic rings. The Balaban J connectivity index is 0.000000744. The number of ketones is 3. The zero-order valence-corrected chi connectivity index (χ0v) is 74.8. The van der Waals surface area contributed by atoms with Crippen molar-refractivity contribution in [1.82, 2.24) is 0 Å². The van der Waals surface area contributed by atoms with Gasteiger partial charge in [-0.05, 0) is 157 Å². The number of halogens is 9. The van der Waals surface area contributed by atoms with Crippen molar-refractivity contribution in [2.45, 2.75) is 294 Å². The third-order valence-corrected chi connectivity index (χ3v) is 33.9. The number of hydrogen-bond acceptors (Lipinski definition) is 13. The van der Waals surface area contributed by atoms with Crippen molar-refractivity contribution >= 4 is 72.6 Å². The van der Waals surface area contributed by atoms with Crippen molar-refractivity contribution in [3.8, 4) is 34.5 Å². The van der Waals surface area contributed by atoms with Crippen LogP contribution in [0.5, 0.6) is 34.5 Å². The number of hydrogen-bond donors (Lipinski definition) is 4. The van der Waals surface area contributed by atoms with Crippen LogP contribution in [-0.4, -0.2) is 108 Å². The molecule has 4 N–H and O–H groups in total. The standard InChI is InChI=1S/3C24H31O2P.C5H2F6O2.C5H5F3O2.3C2H4O2.2CH4.2Eu/c3*25-27(21-14-6-2-7-15-21,22-16-8-3-9-17-22)24-19-11-10-18-23(24)26-20-12-4-1-5-13-20;6-4(7,8)2(12)1-3(13)5(9,10)11;1-3(9)2-4(10)5(6,7)8;3*1-2(3)4;;;;/h3*1,4-5,10-13,18-19,21-22H,2-3,6-9,14-17H2;1,12H;2H2,1H3;3*1H3,(H,3,4);2*1H4;;. The fourth-order valence-electron chi connectivity index (χ4n) is 15.8. The second-order valence-electron chi connectivity index (χ2n) is 29.8. The van der Waals surface area contributed by atoms with E-state index in [-0.39, 0.29) is 114 Å². The summed E-state index contributed by atoms with van der Waals surface area (Å²) in [6, 6.07) is 54.3. The minimum Gasteiger partial charge on any atom is -0.504 e. The summed E-state index contributed by atoms with van der Waals surface area (Å²) in [6.07, 6.45) is 18.3. The molecule has 0 aromatic heterocycles. The number of carbonyl (C=O) groups is 6. The van der Waals surface area contributed by atoms with E-state index in [1.807, 2.05) is 146 Å². The van der Waals surface area contributed by atoms with Crippen LogP contribution in [0.1, 0.15) is 242 Å². The molecule has 0 spiro atoms. The van der Waals surface area contributed by atoms with Crippen molar-refractivity contribution < 1.29 is 215 Å². The van der Waals surface area contributed by atoms with Gasteiger partial charge in [0, 0.05) is 160 Å². The quantitative estimate of drug-likeness (QED) is 0.0205. The Labute approximate surface area is 784 Å². The molecular formula is C90H120Eu2F9O16P3. The first-order chi connectivity index (χ1) is 54.9. The summed E-state index contributed by atoms with van der Waals surface area (Å²) in [5.41, 5.74) is 2.05. The van der Waals surface area contributed by atoms with Crippen LogP contribution in [0.4, 0.5) is 39.5 Å². The maximum absolute atomic E-state index is 14.9. The van der Waals surface area contributed by atoms with Crippen molar-refractivity contribution in [2.24, 2.45) is 0 Å².